The number of rotatable bonds is 8. The van der Waals surface area contributed by atoms with Crippen LogP contribution in [0.5, 0.6) is 0 Å². The smallest absolute Gasteiger partial charge is 0.147 e. The van der Waals surface area contributed by atoms with Gasteiger partial charge < -0.3 is 0 Å². The maximum atomic E-state index is 2.71. The molecule has 0 nitrogen and oxygen atoms in total. The van der Waals surface area contributed by atoms with E-state index < -0.39 is 20.0 Å². The molecule has 0 spiro atoms. The fourth-order valence-electron chi connectivity index (χ4n) is 10.8. The molecule has 4 aliphatic rings. The molecule has 8 rings (SSSR count). The van der Waals surface area contributed by atoms with Crippen LogP contribution >= 0.6 is 24.8 Å². The van der Waals surface area contributed by atoms with Crippen molar-refractivity contribution < 1.29 is 20.0 Å². The fourth-order valence-corrected chi connectivity index (χ4v) is 47.1. The Morgan fingerprint density at radius 3 is 1.18 bits per heavy atom. The molecule has 268 valence electrons. The standard InChI is InChI=1S/2C21H23.C6H10.2ClH.Hf/c2*1-14(2)16-8-10-17(11-9-16)20-7-5-6-18-12-19(15(3)4)13-21(18)20;1-2-4-6-5-3-1;;;/h2*5-15H,1-4H3;1-2H,3-6H2;2*1H;. The van der Waals surface area contributed by atoms with Gasteiger partial charge in [-0.25, -0.2) is 0 Å². The van der Waals surface area contributed by atoms with Gasteiger partial charge in [0.05, 0.1) is 0 Å². The summed E-state index contributed by atoms with van der Waals surface area (Å²) in [5.74, 6) is 2.23. The summed E-state index contributed by atoms with van der Waals surface area (Å²) in [4.78, 5) is 0. The van der Waals surface area contributed by atoms with E-state index >= 15 is 0 Å². The second-order valence-electron chi connectivity index (χ2n) is 17.1. The Balaban J connectivity index is 0.00000224. The van der Waals surface area contributed by atoms with Crippen LogP contribution in [0.1, 0.15) is 134 Å². The van der Waals surface area contributed by atoms with E-state index in [1.54, 1.807) is 33.4 Å². The van der Waals surface area contributed by atoms with Crippen molar-refractivity contribution in [2.75, 3.05) is 0 Å². The molecule has 4 atom stereocenters. The summed E-state index contributed by atoms with van der Waals surface area (Å²) in [7, 11) is 0. The number of halogens is 2. The van der Waals surface area contributed by atoms with Gasteiger partial charge in [0.1, 0.15) is 0 Å². The zero-order valence-electron chi connectivity index (χ0n) is 32.0. The first-order valence-electron chi connectivity index (χ1n) is 19.5. The van der Waals surface area contributed by atoms with Gasteiger partial charge in [-0.3, -0.25) is 0 Å². The summed E-state index contributed by atoms with van der Waals surface area (Å²) >= 11 is -3.28. The molecule has 0 N–H and O–H groups in total. The van der Waals surface area contributed by atoms with Crippen molar-refractivity contribution in [3.8, 4) is 22.3 Å². The van der Waals surface area contributed by atoms with Crippen LogP contribution in [0.2, 0.25) is 7.35 Å². The monoisotopic (exact) mass is 884 g/mol. The third-order valence-corrected chi connectivity index (χ3v) is 37.9. The van der Waals surface area contributed by atoms with Gasteiger partial charge in [-0.05, 0) is 0 Å². The Labute approximate surface area is 325 Å². The normalized spacial score (nSPS) is 24.5. The van der Waals surface area contributed by atoms with Crippen molar-refractivity contribution in [3.05, 3.63) is 129 Å². The van der Waals surface area contributed by atoms with Crippen LogP contribution in [0.25, 0.3) is 34.4 Å². The van der Waals surface area contributed by atoms with Crippen LogP contribution in [0.15, 0.2) is 96.1 Å². The van der Waals surface area contributed by atoms with Crippen LogP contribution in [-0.2, 0) is 20.0 Å². The van der Waals surface area contributed by atoms with Gasteiger partial charge in [0.2, 0.25) is 0 Å². The second kappa shape index (κ2) is 14.9. The zero-order valence-corrected chi connectivity index (χ0v) is 37.2. The van der Waals surface area contributed by atoms with Crippen molar-refractivity contribution in [3.63, 3.8) is 0 Å². The maximum Gasteiger partial charge on any atom is -0.147 e. The van der Waals surface area contributed by atoms with Gasteiger partial charge in [-0.1, -0.05) is 0 Å². The summed E-state index contributed by atoms with van der Waals surface area (Å²) in [6.07, 6.45) is 11.3. The average molecular weight is 884 g/mol. The van der Waals surface area contributed by atoms with Crippen LogP contribution in [0, 0.1) is 11.8 Å². The summed E-state index contributed by atoms with van der Waals surface area (Å²) in [6.45, 7) is 19.2. The number of allylic oxidation sites excluding steroid dienone is 2. The molecule has 0 amide bonds. The van der Waals surface area contributed by atoms with Crippen molar-refractivity contribution in [2.24, 2.45) is 11.8 Å². The van der Waals surface area contributed by atoms with E-state index in [1.165, 1.54) is 59.1 Å². The molecule has 3 aliphatic carbocycles. The van der Waals surface area contributed by atoms with Gasteiger partial charge in [0.15, 0.2) is 0 Å². The van der Waals surface area contributed by atoms with Gasteiger partial charge in [-0.2, -0.15) is 0 Å². The van der Waals surface area contributed by atoms with E-state index in [-0.39, 0.29) is 24.8 Å². The molecular weight excluding hydrogens is 826 g/mol. The largest absolute Gasteiger partial charge is 0.147 e. The predicted molar refractivity (Wildman–Crippen MR) is 224 cm³/mol. The fraction of sp³-hybridized carbons (Fsp3) is 0.417. The third-order valence-electron chi connectivity index (χ3n) is 13.2. The van der Waals surface area contributed by atoms with Gasteiger partial charge >= 0.3 is 303 Å². The Hall–Kier alpha value is -2.19. The Kier molecular flexibility index (Phi) is 11.3. The van der Waals surface area contributed by atoms with E-state index in [0.29, 0.717) is 31.0 Å². The minimum atomic E-state index is -3.28. The van der Waals surface area contributed by atoms with E-state index in [0.717, 1.165) is 7.35 Å². The molecule has 1 aliphatic heterocycles. The molecule has 4 aromatic carbocycles. The summed E-state index contributed by atoms with van der Waals surface area (Å²) in [5, 5.41) is 0. The molecule has 1 saturated heterocycles. The van der Waals surface area contributed by atoms with E-state index in [9.17, 15) is 0 Å². The Morgan fingerprint density at radius 1 is 0.471 bits per heavy atom. The number of fused-ring (bicyclic) bond motifs is 3. The van der Waals surface area contributed by atoms with E-state index in [2.05, 4.69) is 152 Å². The quantitative estimate of drug-likeness (QED) is 0.155. The molecule has 1 heterocycles. The number of benzene rings is 4. The molecule has 4 unspecified atom stereocenters. The van der Waals surface area contributed by atoms with Gasteiger partial charge in [-0.15, -0.1) is 24.8 Å². The minimum absolute atomic E-state index is 0. The number of hydrogen-bond acceptors (Lipinski definition) is 0. The maximum absolute atomic E-state index is 3.28. The van der Waals surface area contributed by atoms with Gasteiger partial charge in [0.25, 0.3) is 0 Å². The zero-order chi connectivity index (χ0) is 34.2. The molecule has 2 fully saturated rings. The Bertz CT molecular complexity index is 1800. The van der Waals surface area contributed by atoms with Crippen LogP contribution in [0.3, 0.4) is 0 Å². The molecule has 1 saturated carbocycles. The summed E-state index contributed by atoms with van der Waals surface area (Å²) < 4.78 is 3.36. The number of hydrogen-bond donors (Lipinski definition) is 0. The predicted octanol–water partition coefficient (Wildman–Crippen LogP) is 15.3. The first-order chi connectivity index (χ1) is 23.6. The average Bonchev–Trinajstić information content (AvgIpc) is 3.37. The van der Waals surface area contributed by atoms with Crippen molar-refractivity contribution in [1.29, 1.82) is 0 Å². The summed E-state index contributed by atoms with van der Waals surface area (Å²) in [6, 6.07) is 33.8. The molecule has 3 heteroatoms. The van der Waals surface area contributed by atoms with E-state index in [4.69, 9.17) is 0 Å². The van der Waals surface area contributed by atoms with Crippen LogP contribution in [0.4, 0.5) is 0 Å². The SMILES string of the molecule is CC(C)C1=Cc2c(-c3ccc(C(C)C)cc3)cccc2[CH]1[Hf]1([CH]2C(C(C)C)=Cc3c(-c4ccc(C(C)C)cc4)cccc32)[CH]2CCCC[CH]21.Cl.Cl. The van der Waals surface area contributed by atoms with Gasteiger partial charge in [0, 0.05) is 0 Å². The minimum Gasteiger partial charge on any atom is -0.147 e. The molecule has 51 heavy (non-hydrogen) atoms. The molecule has 0 aromatic heterocycles. The molecule has 0 bridgehead atoms. The first kappa shape index (κ1) is 38.5. The molecule has 0 radical (unpaired) electrons. The topological polar surface area (TPSA) is 0 Å². The first-order valence-corrected chi connectivity index (χ1v) is 27.8. The van der Waals surface area contributed by atoms with Crippen molar-refractivity contribution in [1.82, 2.24) is 0 Å². The summed E-state index contributed by atoms with van der Waals surface area (Å²) in [5.41, 5.74) is 18.5. The van der Waals surface area contributed by atoms with Crippen LogP contribution in [-0.4, -0.2) is 0 Å². The molecular formula is C48H58Cl2Hf. The molecule has 4 aromatic rings. The second-order valence-corrected chi connectivity index (χ2v) is 33.8. The van der Waals surface area contributed by atoms with Crippen LogP contribution < -0.4 is 0 Å². The Morgan fingerprint density at radius 2 is 0.843 bits per heavy atom. The van der Waals surface area contributed by atoms with Crippen molar-refractivity contribution in [2.45, 2.75) is 108 Å². The third kappa shape index (κ3) is 6.24. The van der Waals surface area contributed by atoms with Crippen molar-refractivity contribution >= 4 is 37.0 Å². The van der Waals surface area contributed by atoms with E-state index in [1.807, 2.05) is 0 Å².